The maximum Gasteiger partial charge on any atom is 0.230 e. The van der Waals surface area contributed by atoms with Crippen LogP contribution in [0.15, 0.2) is 0 Å². The fraction of sp³-hybridized carbons (Fsp3) is 0.727. The highest BCUT2D eigenvalue weighted by Crippen LogP contribution is 2.13. The number of nitrogens with zero attached hydrogens (tertiary/aromatic N) is 4. The van der Waals surface area contributed by atoms with Crippen LogP contribution in [0.25, 0.3) is 0 Å². The molecule has 0 radical (unpaired) electrons. The smallest absolute Gasteiger partial charge is 0.230 e. The van der Waals surface area contributed by atoms with Crippen molar-refractivity contribution < 1.29 is 5.11 Å². The second-order valence-corrected chi connectivity index (χ2v) is 4.63. The van der Waals surface area contributed by atoms with Gasteiger partial charge in [0, 0.05) is 27.2 Å². The molecule has 0 aromatic carbocycles. The first-order chi connectivity index (χ1) is 8.56. The Morgan fingerprint density at radius 3 is 2.61 bits per heavy atom. The van der Waals surface area contributed by atoms with Crippen molar-refractivity contribution in [1.29, 1.82) is 0 Å². The molecule has 0 fully saturated rings. The molecule has 1 rings (SSSR count). The Bertz CT molecular complexity index is 374. The molecule has 1 heterocycles. The van der Waals surface area contributed by atoms with E-state index in [1.54, 1.807) is 4.90 Å². The van der Waals surface area contributed by atoms with Crippen LogP contribution in [0.2, 0.25) is 5.28 Å². The number of rotatable bonds is 7. The summed E-state index contributed by atoms with van der Waals surface area (Å²) >= 11 is 5.84. The van der Waals surface area contributed by atoms with Crippen molar-refractivity contribution >= 4 is 23.5 Å². The van der Waals surface area contributed by atoms with Crippen LogP contribution in [-0.2, 0) is 0 Å². The molecule has 0 bridgehead atoms. The Kier molecular flexibility index (Phi) is 6.07. The number of halogens is 1. The molecule has 6 nitrogen and oxygen atoms in total. The second kappa shape index (κ2) is 7.33. The van der Waals surface area contributed by atoms with Crippen LogP contribution in [0.4, 0.5) is 11.9 Å². The van der Waals surface area contributed by atoms with E-state index >= 15 is 0 Å². The molecule has 0 spiro atoms. The first-order valence-electron chi connectivity index (χ1n) is 6.00. The summed E-state index contributed by atoms with van der Waals surface area (Å²) in [4.78, 5) is 14.0. The Hall–Kier alpha value is -1.14. The van der Waals surface area contributed by atoms with Crippen LogP contribution in [0.3, 0.4) is 0 Å². The molecule has 0 aliphatic carbocycles. The van der Waals surface area contributed by atoms with Crippen LogP contribution in [-0.4, -0.2) is 47.3 Å². The van der Waals surface area contributed by atoms with Crippen LogP contribution in [0.1, 0.15) is 19.8 Å². The van der Waals surface area contributed by atoms with Crippen molar-refractivity contribution in [2.24, 2.45) is 5.92 Å². The van der Waals surface area contributed by atoms with Gasteiger partial charge in [0.05, 0.1) is 0 Å². The van der Waals surface area contributed by atoms with Crippen molar-refractivity contribution in [2.75, 3.05) is 37.5 Å². The summed E-state index contributed by atoms with van der Waals surface area (Å²) in [5.74, 6) is 1.39. The summed E-state index contributed by atoms with van der Waals surface area (Å²) in [5, 5.41) is 12.2. The fourth-order valence-electron chi connectivity index (χ4n) is 1.49. The van der Waals surface area contributed by atoms with Gasteiger partial charge in [0.25, 0.3) is 0 Å². The molecule has 1 atom stereocenters. The molecule has 0 saturated carbocycles. The minimum absolute atomic E-state index is 0.173. The lowest BCUT2D eigenvalue weighted by atomic mass is 10.0. The number of aliphatic hydroxyl groups excluding tert-OH is 1. The third kappa shape index (κ3) is 4.62. The quantitative estimate of drug-likeness (QED) is 0.783. The van der Waals surface area contributed by atoms with Gasteiger partial charge < -0.3 is 15.3 Å². The third-order valence-electron chi connectivity index (χ3n) is 2.66. The van der Waals surface area contributed by atoms with Crippen molar-refractivity contribution in [1.82, 2.24) is 15.0 Å². The highest BCUT2D eigenvalue weighted by molar-refractivity contribution is 6.28. The van der Waals surface area contributed by atoms with Gasteiger partial charge in [-0.05, 0) is 23.9 Å². The molecular formula is C11H20ClN5O. The fourth-order valence-corrected chi connectivity index (χ4v) is 1.64. The van der Waals surface area contributed by atoms with Gasteiger partial charge in [-0.1, -0.05) is 13.3 Å². The minimum Gasteiger partial charge on any atom is -0.396 e. The molecule has 18 heavy (non-hydrogen) atoms. The first-order valence-corrected chi connectivity index (χ1v) is 6.38. The van der Waals surface area contributed by atoms with E-state index in [2.05, 4.69) is 27.2 Å². The van der Waals surface area contributed by atoms with Crippen molar-refractivity contribution in [3.05, 3.63) is 5.28 Å². The van der Waals surface area contributed by atoms with Crippen LogP contribution in [0, 0.1) is 5.92 Å². The van der Waals surface area contributed by atoms with Gasteiger partial charge in [-0.25, -0.2) is 0 Å². The average Bonchev–Trinajstić information content (AvgIpc) is 2.33. The molecule has 1 unspecified atom stereocenters. The Balaban J connectivity index is 2.66. The van der Waals surface area contributed by atoms with Gasteiger partial charge in [0.15, 0.2) is 0 Å². The predicted octanol–water partition coefficient (Wildman–Crippen LogP) is 1.41. The lowest BCUT2D eigenvalue weighted by Gasteiger charge is -2.15. The molecular weight excluding hydrogens is 254 g/mol. The molecule has 0 saturated heterocycles. The van der Waals surface area contributed by atoms with E-state index in [1.807, 2.05) is 14.1 Å². The van der Waals surface area contributed by atoms with Crippen LogP contribution < -0.4 is 10.2 Å². The Morgan fingerprint density at radius 2 is 2.06 bits per heavy atom. The summed E-state index contributed by atoms with van der Waals surface area (Å²) < 4.78 is 0. The molecule has 1 aromatic heterocycles. The van der Waals surface area contributed by atoms with Crippen LogP contribution in [0.5, 0.6) is 0 Å². The SMILES string of the molecule is CCC(CCO)CNc1nc(Cl)nc(N(C)C)n1. The highest BCUT2D eigenvalue weighted by atomic mass is 35.5. The van der Waals surface area contributed by atoms with E-state index in [1.165, 1.54) is 0 Å². The summed E-state index contributed by atoms with van der Waals surface area (Å²) in [6, 6.07) is 0. The van der Waals surface area contributed by atoms with E-state index in [-0.39, 0.29) is 11.9 Å². The summed E-state index contributed by atoms with van der Waals surface area (Å²) in [7, 11) is 3.69. The zero-order valence-electron chi connectivity index (χ0n) is 11.0. The molecule has 0 aliphatic heterocycles. The molecule has 2 N–H and O–H groups in total. The number of hydrogen-bond donors (Lipinski definition) is 2. The molecule has 1 aromatic rings. The van der Waals surface area contributed by atoms with Crippen LogP contribution >= 0.6 is 11.6 Å². The highest BCUT2D eigenvalue weighted by Gasteiger charge is 2.09. The molecule has 7 heteroatoms. The normalized spacial score (nSPS) is 12.3. The number of aromatic nitrogens is 3. The van der Waals surface area contributed by atoms with Crippen molar-refractivity contribution in [3.63, 3.8) is 0 Å². The van der Waals surface area contributed by atoms with Crippen molar-refractivity contribution in [2.45, 2.75) is 19.8 Å². The molecule has 0 amide bonds. The first kappa shape index (κ1) is 14.9. The minimum atomic E-state index is 0.173. The van der Waals surface area contributed by atoms with E-state index in [4.69, 9.17) is 16.7 Å². The summed E-state index contributed by atoms with van der Waals surface area (Å²) in [5.41, 5.74) is 0. The number of hydrogen-bond acceptors (Lipinski definition) is 6. The van der Waals surface area contributed by atoms with E-state index < -0.39 is 0 Å². The van der Waals surface area contributed by atoms with Gasteiger partial charge in [-0.3, -0.25) is 0 Å². The van der Waals surface area contributed by atoms with Gasteiger partial charge in [-0.2, -0.15) is 15.0 Å². The Labute approximate surface area is 112 Å². The zero-order valence-corrected chi connectivity index (χ0v) is 11.8. The Morgan fingerprint density at radius 1 is 1.33 bits per heavy atom. The second-order valence-electron chi connectivity index (χ2n) is 4.29. The number of anilines is 2. The summed E-state index contributed by atoms with van der Waals surface area (Å²) in [6.07, 6.45) is 1.76. The number of nitrogens with one attached hydrogen (secondary N) is 1. The lowest BCUT2D eigenvalue weighted by molar-refractivity contribution is 0.258. The standard InChI is InChI=1S/C11H20ClN5O/c1-4-8(5-6-18)7-13-10-14-9(12)15-11(16-10)17(2)3/h8,18H,4-7H2,1-3H3,(H,13,14,15,16). The maximum absolute atomic E-state index is 8.93. The number of aliphatic hydroxyl groups is 1. The lowest BCUT2D eigenvalue weighted by Crippen LogP contribution is -2.19. The van der Waals surface area contributed by atoms with Gasteiger partial charge in [-0.15, -0.1) is 0 Å². The van der Waals surface area contributed by atoms with E-state index in [0.29, 0.717) is 24.4 Å². The predicted molar refractivity (Wildman–Crippen MR) is 73.1 cm³/mol. The maximum atomic E-state index is 8.93. The topological polar surface area (TPSA) is 74.2 Å². The van der Waals surface area contributed by atoms with E-state index in [0.717, 1.165) is 12.8 Å². The van der Waals surface area contributed by atoms with Gasteiger partial charge in [0.2, 0.25) is 17.2 Å². The molecule has 102 valence electrons. The largest absolute Gasteiger partial charge is 0.396 e. The van der Waals surface area contributed by atoms with Gasteiger partial charge >= 0.3 is 0 Å². The monoisotopic (exact) mass is 273 g/mol. The summed E-state index contributed by atoms with van der Waals surface area (Å²) in [6.45, 7) is 3.00. The average molecular weight is 274 g/mol. The van der Waals surface area contributed by atoms with Crippen molar-refractivity contribution in [3.8, 4) is 0 Å². The zero-order chi connectivity index (χ0) is 13.5. The third-order valence-corrected chi connectivity index (χ3v) is 2.83. The van der Waals surface area contributed by atoms with E-state index in [9.17, 15) is 0 Å². The van der Waals surface area contributed by atoms with Gasteiger partial charge in [0.1, 0.15) is 0 Å². The molecule has 0 aliphatic rings.